The number of carbonyl (C=O) groups excluding carboxylic acids is 2. The second-order valence-electron chi connectivity index (χ2n) is 2.86. The van der Waals surface area contributed by atoms with Crippen molar-refractivity contribution in [3.63, 3.8) is 0 Å². The molecule has 78 valence electrons. The molecule has 0 aliphatic heterocycles. The summed E-state index contributed by atoms with van der Waals surface area (Å²) in [6, 6.07) is 6.10. The van der Waals surface area contributed by atoms with Gasteiger partial charge in [0, 0.05) is 5.57 Å². The number of ether oxygens (including phenoxy) is 2. The van der Waals surface area contributed by atoms with E-state index in [9.17, 15) is 9.59 Å². The van der Waals surface area contributed by atoms with E-state index in [0.29, 0.717) is 23.5 Å². The van der Waals surface area contributed by atoms with Gasteiger partial charge in [0.1, 0.15) is 11.5 Å². The van der Waals surface area contributed by atoms with E-state index in [1.165, 1.54) is 24.3 Å². The topological polar surface area (TPSA) is 52.6 Å². The molecule has 1 aromatic carbocycles. The van der Waals surface area contributed by atoms with Gasteiger partial charge in [-0.1, -0.05) is 6.58 Å². The second-order valence-corrected chi connectivity index (χ2v) is 2.86. The van der Waals surface area contributed by atoms with Gasteiger partial charge in [-0.15, -0.1) is 0 Å². The summed E-state index contributed by atoms with van der Waals surface area (Å²) in [5.41, 5.74) is 0.322. The van der Waals surface area contributed by atoms with E-state index in [0.717, 1.165) is 0 Å². The average Bonchev–Trinajstić information content (AvgIpc) is 2.21. The van der Waals surface area contributed by atoms with E-state index >= 15 is 0 Å². The predicted molar refractivity (Wildman–Crippen MR) is 53.6 cm³/mol. The van der Waals surface area contributed by atoms with Gasteiger partial charge < -0.3 is 9.47 Å². The van der Waals surface area contributed by atoms with E-state index < -0.39 is 5.97 Å². The van der Waals surface area contributed by atoms with Crippen LogP contribution in [-0.2, 0) is 9.59 Å². The molecule has 0 fully saturated rings. The molecule has 0 saturated carbocycles. The number of hydrogen-bond acceptors (Lipinski definition) is 4. The Kier molecular flexibility index (Phi) is 3.62. The Balaban J connectivity index is 2.68. The molecular formula is C11H10O4. The van der Waals surface area contributed by atoms with Crippen molar-refractivity contribution in [1.82, 2.24) is 0 Å². The van der Waals surface area contributed by atoms with Crippen molar-refractivity contribution in [2.24, 2.45) is 0 Å². The van der Waals surface area contributed by atoms with Gasteiger partial charge in [-0.25, -0.2) is 4.79 Å². The first kappa shape index (κ1) is 11.0. The zero-order valence-electron chi connectivity index (χ0n) is 8.23. The lowest BCUT2D eigenvalue weighted by molar-refractivity contribution is -0.130. The highest BCUT2D eigenvalue weighted by Crippen LogP contribution is 2.17. The van der Waals surface area contributed by atoms with Crippen molar-refractivity contribution in [3.8, 4) is 11.5 Å². The molecular weight excluding hydrogens is 196 g/mol. The van der Waals surface area contributed by atoms with E-state index in [-0.39, 0.29) is 0 Å². The van der Waals surface area contributed by atoms with Crippen LogP contribution in [0.15, 0.2) is 36.4 Å². The fourth-order valence-electron chi connectivity index (χ4n) is 0.836. The minimum atomic E-state index is -0.487. The normalized spacial score (nSPS) is 9.13. The van der Waals surface area contributed by atoms with Crippen molar-refractivity contribution in [2.45, 2.75) is 6.92 Å². The fraction of sp³-hybridized carbons (Fsp3) is 0.0909. The van der Waals surface area contributed by atoms with Crippen molar-refractivity contribution in [3.05, 3.63) is 36.4 Å². The number of carbonyl (C=O) groups is 2. The molecule has 1 aromatic rings. The van der Waals surface area contributed by atoms with Crippen LogP contribution in [0.3, 0.4) is 0 Å². The Morgan fingerprint density at radius 1 is 1.27 bits per heavy atom. The number of benzene rings is 1. The largest absolute Gasteiger partial charge is 0.429 e. The van der Waals surface area contributed by atoms with Crippen LogP contribution in [0.25, 0.3) is 0 Å². The lowest BCUT2D eigenvalue weighted by Gasteiger charge is -2.03. The van der Waals surface area contributed by atoms with Crippen LogP contribution in [0.1, 0.15) is 6.92 Å². The number of hydrogen-bond donors (Lipinski definition) is 0. The third-order valence-corrected chi connectivity index (χ3v) is 1.57. The molecule has 0 radical (unpaired) electrons. The summed E-state index contributed by atoms with van der Waals surface area (Å²) in [6.45, 7) is 5.34. The van der Waals surface area contributed by atoms with Crippen molar-refractivity contribution in [2.75, 3.05) is 0 Å². The standard InChI is InChI=1S/C11H10O4/c1-8(2)11(13)15-10-5-3-9(4-6-10)14-7-12/h3-7H,1H2,2H3. The summed E-state index contributed by atoms with van der Waals surface area (Å²) >= 11 is 0. The molecule has 0 aromatic heterocycles. The smallest absolute Gasteiger partial charge is 0.338 e. The van der Waals surface area contributed by atoms with Gasteiger partial charge in [-0.2, -0.15) is 0 Å². The first-order chi connectivity index (χ1) is 7.13. The molecule has 0 unspecified atom stereocenters. The van der Waals surface area contributed by atoms with Gasteiger partial charge in [0.25, 0.3) is 6.47 Å². The van der Waals surface area contributed by atoms with Crippen LogP contribution in [0, 0.1) is 0 Å². The Morgan fingerprint density at radius 2 is 1.80 bits per heavy atom. The molecule has 0 N–H and O–H groups in total. The maximum absolute atomic E-state index is 11.1. The molecule has 0 spiro atoms. The van der Waals surface area contributed by atoms with E-state index in [4.69, 9.17) is 4.74 Å². The highest BCUT2D eigenvalue weighted by Gasteiger charge is 2.04. The lowest BCUT2D eigenvalue weighted by Crippen LogP contribution is -2.07. The van der Waals surface area contributed by atoms with Crippen molar-refractivity contribution < 1.29 is 19.1 Å². The van der Waals surface area contributed by atoms with Crippen LogP contribution in [0.2, 0.25) is 0 Å². The molecule has 0 aliphatic carbocycles. The Bertz CT molecular complexity index is 378. The molecule has 0 aliphatic rings. The molecule has 0 atom stereocenters. The fourth-order valence-corrected chi connectivity index (χ4v) is 0.836. The average molecular weight is 206 g/mol. The number of rotatable bonds is 4. The monoisotopic (exact) mass is 206 g/mol. The summed E-state index contributed by atoms with van der Waals surface area (Å²) in [4.78, 5) is 21.1. The quantitative estimate of drug-likeness (QED) is 0.325. The summed E-state index contributed by atoms with van der Waals surface area (Å²) in [6.07, 6.45) is 0. The molecule has 0 saturated heterocycles. The first-order valence-corrected chi connectivity index (χ1v) is 4.21. The van der Waals surface area contributed by atoms with E-state index in [2.05, 4.69) is 11.3 Å². The summed E-state index contributed by atoms with van der Waals surface area (Å²) in [7, 11) is 0. The minimum absolute atomic E-state index is 0.322. The van der Waals surface area contributed by atoms with Gasteiger partial charge in [0.2, 0.25) is 0 Å². The maximum atomic E-state index is 11.1. The molecule has 4 heteroatoms. The van der Waals surface area contributed by atoms with Crippen molar-refractivity contribution in [1.29, 1.82) is 0 Å². The van der Waals surface area contributed by atoms with Crippen LogP contribution < -0.4 is 9.47 Å². The van der Waals surface area contributed by atoms with Gasteiger partial charge in [-0.05, 0) is 31.2 Å². The summed E-state index contributed by atoms with van der Waals surface area (Å²) < 4.78 is 9.50. The van der Waals surface area contributed by atoms with E-state index in [1.807, 2.05) is 0 Å². The molecule has 4 nitrogen and oxygen atoms in total. The summed E-state index contributed by atoms with van der Waals surface area (Å²) in [5.74, 6) is 0.278. The number of esters is 1. The van der Waals surface area contributed by atoms with E-state index in [1.54, 1.807) is 6.92 Å². The zero-order chi connectivity index (χ0) is 11.3. The first-order valence-electron chi connectivity index (χ1n) is 4.21. The van der Waals surface area contributed by atoms with Gasteiger partial charge >= 0.3 is 5.97 Å². The van der Waals surface area contributed by atoms with Gasteiger partial charge in [0.15, 0.2) is 0 Å². The minimum Gasteiger partial charge on any atom is -0.429 e. The molecule has 0 heterocycles. The highest BCUT2D eigenvalue weighted by atomic mass is 16.5. The zero-order valence-corrected chi connectivity index (χ0v) is 8.23. The predicted octanol–water partition coefficient (Wildman–Crippen LogP) is 1.70. The Hall–Kier alpha value is -2.10. The van der Waals surface area contributed by atoms with Crippen LogP contribution in [0.5, 0.6) is 11.5 Å². The maximum Gasteiger partial charge on any atom is 0.338 e. The van der Waals surface area contributed by atoms with Crippen LogP contribution in [-0.4, -0.2) is 12.4 Å². The SMILES string of the molecule is C=C(C)C(=O)Oc1ccc(OC=O)cc1. The van der Waals surface area contributed by atoms with Crippen LogP contribution in [0.4, 0.5) is 0 Å². The van der Waals surface area contributed by atoms with Gasteiger partial charge in [0.05, 0.1) is 0 Å². The molecule has 0 bridgehead atoms. The Morgan fingerprint density at radius 3 is 2.27 bits per heavy atom. The second kappa shape index (κ2) is 4.95. The molecule has 1 rings (SSSR count). The highest BCUT2D eigenvalue weighted by molar-refractivity contribution is 5.88. The summed E-state index contributed by atoms with van der Waals surface area (Å²) in [5, 5.41) is 0. The van der Waals surface area contributed by atoms with Gasteiger partial charge in [-0.3, -0.25) is 4.79 Å². The molecule has 0 amide bonds. The third kappa shape index (κ3) is 3.27. The third-order valence-electron chi connectivity index (χ3n) is 1.57. The van der Waals surface area contributed by atoms with Crippen LogP contribution >= 0.6 is 0 Å². The lowest BCUT2D eigenvalue weighted by atomic mass is 10.3. The molecule has 15 heavy (non-hydrogen) atoms. The Labute approximate surface area is 87.1 Å². The van der Waals surface area contributed by atoms with Crippen molar-refractivity contribution >= 4 is 12.4 Å².